The van der Waals surface area contributed by atoms with Gasteiger partial charge in [-0.1, -0.05) is 24.3 Å². The summed E-state index contributed by atoms with van der Waals surface area (Å²) in [7, 11) is 0. The van der Waals surface area contributed by atoms with Crippen LogP contribution in [-0.4, -0.2) is 21.0 Å². The number of hydrogen-bond donors (Lipinski definition) is 1. The largest absolute Gasteiger partial charge is 0.481 e. The van der Waals surface area contributed by atoms with Crippen LogP contribution in [-0.2, 0) is 23.1 Å². The third kappa shape index (κ3) is 2.07. The molecule has 1 heterocycles. The van der Waals surface area contributed by atoms with Crippen molar-refractivity contribution in [1.29, 1.82) is 0 Å². The molecule has 1 aromatic carbocycles. The van der Waals surface area contributed by atoms with Gasteiger partial charge in [0.05, 0.1) is 0 Å². The average Bonchev–Trinajstić information content (AvgIpc) is 2.48. The Bertz CT molecular complexity index is 627. The monoisotopic (exact) mass is 268 g/mol. The van der Waals surface area contributed by atoms with Gasteiger partial charge in [0.2, 0.25) is 0 Å². The van der Waals surface area contributed by atoms with E-state index in [1.807, 2.05) is 24.3 Å². The van der Waals surface area contributed by atoms with Crippen LogP contribution in [0.15, 0.2) is 42.7 Å². The second kappa shape index (κ2) is 5.04. The number of fused-ring (bicyclic) bond motifs is 1. The molecule has 0 radical (unpaired) electrons. The maximum Gasteiger partial charge on any atom is 0.314 e. The fourth-order valence-corrected chi connectivity index (χ4v) is 3.09. The second-order valence-electron chi connectivity index (χ2n) is 5.24. The number of carboxylic acid groups (broad SMARTS) is 1. The zero-order valence-electron chi connectivity index (χ0n) is 11.1. The van der Waals surface area contributed by atoms with Gasteiger partial charge in [-0.25, -0.2) is 9.97 Å². The van der Waals surface area contributed by atoms with Crippen LogP contribution in [0.25, 0.3) is 0 Å². The van der Waals surface area contributed by atoms with Gasteiger partial charge in [-0.15, -0.1) is 0 Å². The Labute approximate surface area is 117 Å². The van der Waals surface area contributed by atoms with Gasteiger partial charge in [0.15, 0.2) is 0 Å². The molecule has 4 nitrogen and oxygen atoms in total. The molecule has 1 aliphatic carbocycles. The molecule has 4 heteroatoms. The molecule has 0 saturated carbocycles. The molecule has 1 unspecified atom stereocenters. The van der Waals surface area contributed by atoms with E-state index < -0.39 is 11.4 Å². The molecule has 20 heavy (non-hydrogen) atoms. The van der Waals surface area contributed by atoms with Crippen LogP contribution in [0, 0.1) is 0 Å². The lowest BCUT2D eigenvalue weighted by Crippen LogP contribution is -2.41. The normalized spacial score (nSPS) is 21.2. The van der Waals surface area contributed by atoms with Crippen LogP contribution in [0.5, 0.6) is 0 Å². The second-order valence-corrected chi connectivity index (χ2v) is 5.24. The number of aliphatic carboxylic acids is 1. The van der Waals surface area contributed by atoms with Crippen LogP contribution in [0.2, 0.25) is 0 Å². The Hall–Kier alpha value is -2.23. The molecule has 1 aromatic heterocycles. The van der Waals surface area contributed by atoms with Gasteiger partial charge >= 0.3 is 5.97 Å². The predicted octanol–water partition coefficient (Wildman–Crippen LogP) is 2.38. The van der Waals surface area contributed by atoms with E-state index in [4.69, 9.17) is 0 Å². The molecule has 102 valence electrons. The number of hydrogen-bond acceptors (Lipinski definition) is 3. The minimum Gasteiger partial charge on any atom is -0.481 e. The Morgan fingerprint density at radius 3 is 2.70 bits per heavy atom. The summed E-state index contributed by atoms with van der Waals surface area (Å²) < 4.78 is 0. The maximum absolute atomic E-state index is 12.0. The highest BCUT2D eigenvalue weighted by molar-refractivity contribution is 5.82. The molecule has 1 N–H and O–H groups in total. The van der Waals surface area contributed by atoms with Crippen molar-refractivity contribution in [2.24, 2.45) is 0 Å². The van der Waals surface area contributed by atoms with E-state index in [1.165, 1.54) is 0 Å². The summed E-state index contributed by atoms with van der Waals surface area (Å²) in [6.45, 7) is 0. The van der Waals surface area contributed by atoms with Gasteiger partial charge in [0.1, 0.15) is 11.2 Å². The fourth-order valence-electron chi connectivity index (χ4n) is 3.09. The molecule has 2 aromatic rings. The zero-order chi connectivity index (χ0) is 14.0. The Morgan fingerprint density at radius 1 is 1.20 bits per heavy atom. The molecule has 0 amide bonds. The maximum atomic E-state index is 12.0. The van der Waals surface area contributed by atoms with Crippen LogP contribution in [0.1, 0.15) is 29.8 Å². The molecule has 1 atom stereocenters. The number of carbonyl (C=O) groups is 1. The molecule has 0 saturated heterocycles. The number of aromatic nitrogens is 2. The first-order valence-corrected chi connectivity index (χ1v) is 6.80. The molecular formula is C16H16N2O2. The van der Waals surface area contributed by atoms with Crippen LogP contribution in [0.3, 0.4) is 0 Å². The van der Waals surface area contributed by atoms with Gasteiger partial charge in [0.25, 0.3) is 0 Å². The van der Waals surface area contributed by atoms with Crippen molar-refractivity contribution in [2.75, 3.05) is 0 Å². The van der Waals surface area contributed by atoms with E-state index in [9.17, 15) is 9.90 Å². The molecule has 0 fully saturated rings. The average molecular weight is 268 g/mol. The molecule has 0 bridgehead atoms. The van der Waals surface area contributed by atoms with E-state index in [2.05, 4.69) is 9.97 Å². The number of carboxylic acids is 1. The van der Waals surface area contributed by atoms with Crippen molar-refractivity contribution in [3.63, 3.8) is 0 Å². The lowest BCUT2D eigenvalue weighted by atomic mass is 9.68. The first-order valence-electron chi connectivity index (χ1n) is 6.80. The first kappa shape index (κ1) is 12.8. The van der Waals surface area contributed by atoms with Gasteiger partial charge in [-0.3, -0.25) is 4.79 Å². The quantitative estimate of drug-likeness (QED) is 0.928. The van der Waals surface area contributed by atoms with E-state index in [0.717, 1.165) is 24.0 Å². The lowest BCUT2D eigenvalue weighted by Gasteiger charge is -2.35. The standard InChI is InChI=1S/C16H16N2O2/c19-15(20)16(11-14-17-9-4-10-18-14)8-3-6-12-5-1-2-7-13(12)16/h1-2,4-5,7,9-10H,3,6,8,11H2,(H,19,20). The van der Waals surface area contributed by atoms with E-state index in [0.29, 0.717) is 18.7 Å². The smallest absolute Gasteiger partial charge is 0.314 e. The van der Waals surface area contributed by atoms with E-state index in [-0.39, 0.29) is 0 Å². The Kier molecular flexibility index (Phi) is 3.22. The molecule has 3 rings (SSSR count). The molecule has 0 spiro atoms. The van der Waals surface area contributed by atoms with Gasteiger partial charge in [-0.2, -0.15) is 0 Å². The van der Waals surface area contributed by atoms with Crippen molar-refractivity contribution >= 4 is 5.97 Å². The lowest BCUT2D eigenvalue weighted by molar-refractivity contribution is -0.144. The van der Waals surface area contributed by atoms with Crippen molar-refractivity contribution in [2.45, 2.75) is 31.1 Å². The molecular weight excluding hydrogens is 252 g/mol. The number of benzene rings is 1. The van der Waals surface area contributed by atoms with Crippen molar-refractivity contribution in [3.8, 4) is 0 Å². The summed E-state index contributed by atoms with van der Waals surface area (Å²) in [5, 5.41) is 9.84. The third-order valence-electron chi connectivity index (χ3n) is 4.07. The SMILES string of the molecule is O=C(O)C1(Cc2ncccn2)CCCc2ccccc21. The van der Waals surface area contributed by atoms with Crippen molar-refractivity contribution in [3.05, 3.63) is 59.7 Å². The van der Waals surface area contributed by atoms with Crippen LogP contribution >= 0.6 is 0 Å². The van der Waals surface area contributed by atoms with Gasteiger partial charge in [-0.05, 0) is 36.5 Å². The van der Waals surface area contributed by atoms with Crippen LogP contribution in [0.4, 0.5) is 0 Å². The topological polar surface area (TPSA) is 63.1 Å². The number of nitrogens with zero attached hydrogens (tertiary/aromatic N) is 2. The summed E-state index contributed by atoms with van der Waals surface area (Å²) in [5.74, 6) is -0.191. The Balaban J connectivity index is 2.08. The Morgan fingerprint density at radius 2 is 1.95 bits per heavy atom. The molecule has 0 aliphatic heterocycles. The van der Waals surface area contributed by atoms with E-state index in [1.54, 1.807) is 18.5 Å². The highest BCUT2D eigenvalue weighted by Gasteiger charge is 2.44. The van der Waals surface area contributed by atoms with Gasteiger partial charge < -0.3 is 5.11 Å². The minimum atomic E-state index is -0.893. The predicted molar refractivity (Wildman–Crippen MR) is 74.4 cm³/mol. The molecule has 1 aliphatic rings. The number of rotatable bonds is 3. The van der Waals surface area contributed by atoms with Gasteiger partial charge in [0, 0.05) is 18.8 Å². The summed E-state index contributed by atoms with van der Waals surface area (Å²) in [4.78, 5) is 20.4. The summed E-state index contributed by atoms with van der Waals surface area (Å²) in [6.07, 6.45) is 6.13. The highest BCUT2D eigenvalue weighted by atomic mass is 16.4. The van der Waals surface area contributed by atoms with Crippen molar-refractivity contribution < 1.29 is 9.90 Å². The van der Waals surface area contributed by atoms with Crippen molar-refractivity contribution in [1.82, 2.24) is 9.97 Å². The summed E-state index contributed by atoms with van der Waals surface area (Å²) >= 11 is 0. The fraction of sp³-hybridized carbons (Fsp3) is 0.312. The summed E-state index contributed by atoms with van der Waals surface area (Å²) in [6, 6.07) is 9.58. The first-order chi connectivity index (χ1) is 9.72. The minimum absolute atomic E-state index is 0.347. The third-order valence-corrected chi connectivity index (χ3v) is 4.07. The highest BCUT2D eigenvalue weighted by Crippen LogP contribution is 2.39. The van der Waals surface area contributed by atoms with Crippen LogP contribution < -0.4 is 0 Å². The summed E-state index contributed by atoms with van der Waals surface area (Å²) in [5.41, 5.74) is 1.17. The zero-order valence-corrected chi connectivity index (χ0v) is 11.1. The number of aryl methyl sites for hydroxylation is 1. The van der Waals surface area contributed by atoms with E-state index >= 15 is 0 Å².